The van der Waals surface area contributed by atoms with Crippen LogP contribution in [-0.4, -0.2) is 33.4 Å². The number of carbonyl (C=O) groups is 1. The van der Waals surface area contributed by atoms with E-state index in [1.165, 1.54) is 13.3 Å². The Bertz CT molecular complexity index is 846. The van der Waals surface area contributed by atoms with Crippen LogP contribution in [0.5, 0.6) is 0 Å². The van der Waals surface area contributed by atoms with E-state index in [-0.39, 0.29) is 11.9 Å². The zero-order valence-corrected chi connectivity index (χ0v) is 13.0. The molecule has 0 radical (unpaired) electrons. The first-order chi connectivity index (χ1) is 11.6. The third kappa shape index (κ3) is 3.64. The minimum atomic E-state index is -0.389. The Morgan fingerprint density at radius 2 is 1.96 bits per heavy atom. The molecule has 0 spiro atoms. The molecule has 0 aliphatic rings. The number of methoxy groups -OCH3 is 1. The van der Waals surface area contributed by atoms with Crippen molar-refractivity contribution in [2.24, 2.45) is 0 Å². The van der Waals surface area contributed by atoms with Crippen LogP contribution in [-0.2, 0) is 4.74 Å². The van der Waals surface area contributed by atoms with Crippen LogP contribution in [0.3, 0.4) is 0 Å². The Balaban J connectivity index is 1.71. The van der Waals surface area contributed by atoms with E-state index in [4.69, 9.17) is 4.52 Å². The van der Waals surface area contributed by atoms with Crippen molar-refractivity contribution >= 4 is 29.2 Å². The number of nitrogens with zero attached hydrogens (tertiary/aromatic N) is 4. The van der Waals surface area contributed by atoms with E-state index in [0.29, 0.717) is 23.0 Å². The predicted molar refractivity (Wildman–Crippen MR) is 85.4 cm³/mol. The van der Waals surface area contributed by atoms with Gasteiger partial charge < -0.3 is 19.9 Å². The number of rotatable bonds is 5. The molecule has 2 aromatic heterocycles. The number of aromatic nitrogens is 4. The van der Waals surface area contributed by atoms with Crippen molar-refractivity contribution in [3.05, 3.63) is 47.9 Å². The number of aryl methyl sites for hydroxylation is 1. The molecule has 0 unspecified atom stereocenters. The third-order valence-corrected chi connectivity index (χ3v) is 3.01. The molecule has 0 saturated carbocycles. The highest BCUT2D eigenvalue weighted by Crippen LogP contribution is 2.17. The van der Waals surface area contributed by atoms with Crippen LogP contribution in [0, 0.1) is 6.92 Å². The molecule has 1 aromatic carbocycles. The SMILES string of the molecule is COC(=O)c1ccc(Nc2cnnc(Nc3cc(C)on3)n2)cc1. The number of esters is 1. The number of anilines is 4. The molecule has 2 heterocycles. The van der Waals surface area contributed by atoms with E-state index in [1.54, 1.807) is 37.3 Å². The van der Waals surface area contributed by atoms with Gasteiger partial charge in [0.1, 0.15) is 5.76 Å². The molecular formula is C15H14N6O3. The van der Waals surface area contributed by atoms with Crippen molar-refractivity contribution in [3.8, 4) is 0 Å². The fraction of sp³-hybridized carbons (Fsp3) is 0.133. The van der Waals surface area contributed by atoms with Gasteiger partial charge in [0, 0.05) is 11.8 Å². The number of hydrogen-bond donors (Lipinski definition) is 2. The van der Waals surface area contributed by atoms with Crippen molar-refractivity contribution < 1.29 is 14.1 Å². The van der Waals surface area contributed by atoms with Gasteiger partial charge in [-0.15, -0.1) is 5.10 Å². The summed E-state index contributed by atoms with van der Waals surface area (Å²) in [6.45, 7) is 1.78. The van der Waals surface area contributed by atoms with Crippen LogP contribution in [0.15, 0.2) is 41.1 Å². The molecule has 0 fully saturated rings. The minimum absolute atomic E-state index is 0.277. The Morgan fingerprint density at radius 1 is 1.17 bits per heavy atom. The quantitative estimate of drug-likeness (QED) is 0.682. The van der Waals surface area contributed by atoms with E-state index in [2.05, 4.69) is 35.7 Å². The number of hydrogen-bond acceptors (Lipinski definition) is 9. The summed E-state index contributed by atoms with van der Waals surface area (Å²) >= 11 is 0. The average molecular weight is 326 g/mol. The summed E-state index contributed by atoms with van der Waals surface area (Å²) in [5.41, 5.74) is 1.21. The monoisotopic (exact) mass is 326 g/mol. The largest absolute Gasteiger partial charge is 0.465 e. The number of ether oxygens (including phenoxy) is 1. The summed E-state index contributed by atoms with van der Waals surface area (Å²) in [6, 6.07) is 8.50. The van der Waals surface area contributed by atoms with Crippen LogP contribution in [0.25, 0.3) is 0 Å². The summed E-state index contributed by atoms with van der Waals surface area (Å²) in [7, 11) is 1.34. The molecule has 9 heteroatoms. The molecular weight excluding hydrogens is 312 g/mol. The van der Waals surface area contributed by atoms with E-state index in [1.807, 2.05) is 0 Å². The highest BCUT2D eigenvalue weighted by Gasteiger charge is 2.07. The van der Waals surface area contributed by atoms with Gasteiger partial charge in [-0.05, 0) is 31.2 Å². The molecule has 122 valence electrons. The Labute approximate surface area is 137 Å². The van der Waals surface area contributed by atoms with Crippen LogP contribution >= 0.6 is 0 Å². The second-order valence-electron chi connectivity index (χ2n) is 4.81. The van der Waals surface area contributed by atoms with Gasteiger partial charge in [0.25, 0.3) is 0 Å². The van der Waals surface area contributed by atoms with Gasteiger partial charge in [-0.1, -0.05) is 5.16 Å². The number of carbonyl (C=O) groups excluding carboxylic acids is 1. The maximum absolute atomic E-state index is 11.4. The molecule has 9 nitrogen and oxygen atoms in total. The first-order valence-electron chi connectivity index (χ1n) is 6.99. The summed E-state index contributed by atoms with van der Waals surface area (Å²) < 4.78 is 9.62. The number of nitrogens with one attached hydrogen (secondary N) is 2. The van der Waals surface area contributed by atoms with Gasteiger partial charge in [-0.3, -0.25) is 0 Å². The van der Waals surface area contributed by atoms with Crippen molar-refractivity contribution in [2.45, 2.75) is 6.92 Å². The smallest absolute Gasteiger partial charge is 0.337 e. The summed E-state index contributed by atoms with van der Waals surface area (Å²) in [4.78, 5) is 15.7. The first kappa shape index (κ1) is 15.4. The van der Waals surface area contributed by atoms with Crippen LogP contribution in [0.1, 0.15) is 16.1 Å². The lowest BCUT2D eigenvalue weighted by molar-refractivity contribution is 0.0601. The average Bonchev–Trinajstić information content (AvgIpc) is 3.00. The van der Waals surface area contributed by atoms with Gasteiger partial charge in [-0.2, -0.15) is 10.1 Å². The van der Waals surface area contributed by atoms with Gasteiger partial charge >= 0.3 is 5.97 Å². The van der Waals surface area contributed by atoms with E-state index in [0.717, 1.165) is 5.69 Å². The Hall–Kier alpha value is -3.49. The Morgan fingerprint density at radius 3 is 2.62 bits per heavy atom. The molecule has 0 bridgehead atoms. The van der Waals surface area contributed by atoms with Crippen molar-refractivity contribution in [1.29, 1.82) is 0 Å². The summed E-state index contributed by atoms with van der Waals surface area (Å²) in [5, 5.41) is 17.5. The molecule has 2 N–H and O–H groups in total. The molecule has 24 heavy (non-hydrogen) atoms. The maximum atomic E-state index is 11.4. The lowest BCUT2D eigenvalue weighted by atomic mass is 10.2. The van der Waals surface area contributed by atoms with Gasteiger partial charge in [0.2, 0.25) is 5.95 Å². The molecule has 0 aliphatic heterocycles. The predicted octanol–water partition coefficient (Wildman–Crippen LogP) is 2.44. The fourth-order valence-electron chi connectivity index (χ4n) is 1.91. The Kier molecular flexibility index (Phi) is 4.32. The van der Waals surface area contributed by atoms with Crippen LogP contribution in [0.4, 0.5) is 23.3 Å². The molecule has 3 aromatic rings. The molecule has 0 aliphatic carbocycles. The topological polar surface area (TPSA) is 115 Å². The molecule has 0 saturated heterocycles. The first-order valence-corrected chi connectivity index (χ1v) is 6.99. The zero-order valence-electron chi connectivity index (χ0n) is 13.0. The minimum Gasteiger partial charge on any atom is -0.465 e. The third-order valence-electron chi connectivity index (χ3n) is 3.01. The van der Waals surface area contributed by atoms with Gasteiger partial charge in [0.15, 0.2) is 11.6 Å². The van der Waals surface area contributed by atoms with E-state index in [9.17, 15) is 4.79 Å². The van der Waals surface area contributed by atoms with E-state index < -0.39 is 0 Å². The summed E-state index contributed by atoms with van der Waals surface area (Å²) in [5.74, 6) is 1.54. The maximum Gasteiger partial charge on any atom is 0.337 e. The zero-order chi connectivity index (χ0) is 16.9. The van der Waals surface area contributed by atoms with Crippen molar-refractivity contribution in [3.63, 3.8) is 0 Å². The summed E-state index contributed by atoms with van der Waals surface area (Å²) in [6.07, 6.45) is 1.48. The van der Waals surface area contributed by atoms with Gasteiger partial charge in [-0.25, -0.2) is 4.79 Å². The van der Waals surface area contributed by atoms with Crippen LogP contribution in [0.2, 0.25) is 0 Å². The standard InChI is InChI=1S/C15H14N6O3/c1-9-7-12(21-24-9)18-15-19-13(8-16-20-15)17-11-5-3-10(4-6-11)14(22)23-2/h3-8H,1-2H3,(H2,17,18,19,20,21). The second kappa shape index (κ2) is 6.73. The molecule has 0 atom stereocenters. The fourth-order valence-corrected chi connectivity index (χ4v) is 1.91. The number of benzene rings is 1. The highest BCUT2D eigenvalue weighted by atomic mass is 16.5. The lowest BCUT2D eigenvalue weighted by Crippen LogP contribution is -2.03. The molecule has 3 rings (SSSR count). The van der Waals surface area contributed by atoms with E-state index >= 15 is 0 Å². The molecule has 0 amide bonds. The van der Waals surface area contributed by atoms with Crippen molar-refractivity contribution in [2.75, 3.05) is 17.7 Å². The highest BCUT2D eigenvalue weighted by molar-refractivity contribution is 5.89. The normalized spacial score (nSPS) is 10.2. The van der Waals surface area contributed by atoms with Crippen molar-refractivity contribution in [1.82, 2.24) is 20.3 Å². The second-order valence-corrected chi connectivity index (χ2v) is 4.81. The van der Waals surface area contributed by atoms with Gasteiger partial charge in [0.05, 0.1) is 18.9 Å². The van der Waals surface area contributed by atoms with Crippen LogP contribution < -0.4 is 10.6 Å². The lowest BCUT2D eigenvalue weighted by Gasteiger charge is -2.07.